The fourth-order valence-electron chi connectivity index (χ4n) is 1.63. The highest BCUT2D eigenvalue weighted by atomic mass is 35.5. The smallest absolute Gasteiger partial charge is 0.120 e. The minimum absolute atomic E-state index is 0.647. The summed E-state index contributed by atoms with van der Waals surface area (Å²) in [6, 6.07) is 7.55. The summed E-state index contributed by atoms with van der Waals surface area (Å²) < 4.78 is 5.65. The van der Waals surface area contributed by atoms with E-state index in [1.165, 1.54) is 6.42 Å². The Morgan fingerprint density at radius 2 is 2.43 bits per heavy atom. The molecular weight excluding hydrogens is 198 g/mol. The maximum Gasteiger partial charge on any atom is 0.120 e. The van der Waals surface area contributed by atoms with Crippen molar-refractivity contribution in [1.82, 2.24) is 5.32 Å². The number of ether oxygens (including phenoxy) is 1. The van der Waals surface area contributed by atoms with Crippen LogP contribution in [0, 0.1) is 5.92 Å². The number of benzene rings is 1. The van der Waals surface area contributed by atoms with Crippen molar-refractivity contribution in [3.05, 3.63) is 29.3 Å². The van der Waals surface area contributed by atoms with E-state index in [0.29, 0.717) is 5.92 Å². The SMILES string of the molecule is Clc1cccc(OC[C@@H]2CCNC2)c1. The van der Waals surface area contributed by atoms with Crippen molar-refractivity contribution < 1.29 is 4.74 Å². The first kappa shape index (κ1) is 9.81. The summed E-state index contributed by atoms with van der Waals surface area (Å²) in [5, 5.41) is 4.04. The molecule has 0 aliphatic carbocycles. The van der Waals surface area contributed by atoms with E-state index >= 15 is 0 Å². The number of rotatable bonds is 3. The van der Waals surface area contributed by atoms with Crippen LogP contribution in [-0.2, 0) is 0 Å². The van der Waals surface area contributed by atoms with E-state index in [1.807, 2.05) is 24.3 Å². The molecule has 2 rings (SSSR count). The van der Waals surface area contributed by atoms with Crippen LogP contribution in [0.25, 0.3) is 0 Å². The van der Waals surface area contributed by atoms with Gasteiger partial charge in [0.1, 0.15) is 5.75 Å². The summed E-state index contributed by atoms with van der Waals surface area (Å²) in [4.78, 5) is 0. The zero-order chi connectivity index (χ0) is 9.80. The highest BCUT2D eigenvalue weighted by Gasteiger charge is 2.14. The second-order valence-electron chi connectivity index (χ2n) is 3.63. The topological polar surface area (TPSA) is 21.3 Å². The Bertz CT molecular complexity index is 297. The lowest BCUT2D eigenvalue weighted by Crippen LogP contribution is -2.15. The first-order valence-electron chi connectivity index (χ1n) is 4.94. The van der Waals surface area contributed by atoms with Gasteiger partial charge in [-0.05, 0) is 31.2 Å². The van der Waals surface area contributed by atoms with Crippen molar-refractivity contribution in [2.24, 2.45) is 5.92 Å². The molecule has 3 heteroatoms. The molecule has 1 aliphatic rings. The molecule has 76 valence electrons. The first-order valence-corrected chi connectivity index (χ1v) is 5.31. The predicted octanol–water partition coefficient (Wildman–Crippen LogP) is 2.33. The van der Waals surface area contributed by atoms with Crippen LogP contribution in [0.1, 0.15) is 6.42 Å². The maximum atomic E-state index is 5.85. The summed E-state index contributed by atoms with van der Waals surface area (Å²) in [6.07, 6.45) is 1.21. The van der Waals surface area contributed by atoms with Crippen molar-refractivity contribution >= 4 is 11.6 Å². The van der Waals surface area contributed by atoms with Crippen molar-refractivity contribution in [2.45, 2.75) is 6.42 Å². The average Bonchev–Trinajstić information content (AvgIpc) is 2.67. The summed E-state index contributed by atoms with van der Waals surface area (Å²) in [5.74, 6) is 1.51. The van der Waals surface area contributed by atoms with Crippen molar-refractivity contribution in [1.29, 1.82) is 0 Å². The summed E-state index contributed by atoms with van der Waals surface area (Å²) in [7, 11) is 0. The molecule has 2 nitrogen and oxygen atoms in total. The molecular formula is C11H14ClNO. The van der Waals surface area contributed by atoms with Crippen LogP contribution in [-0.4, -0.2) is 19.7 Å². The largest absolute Gasteiger partial charge is 0.493 e. The molecule has 14 heavy (non-hydrogen) atoms. The Morgan fingerprint density at radius 1 is 1.50 bits per heavy atom. The zero-order valence-electron chi connectivity index (χ0n) is 8.00. The van der Waals surface area contributed by atoms with Crippen LogP contribution in [0.4, 0.5) is 0 Å². The van der Waals surface area contributed by atoms with E-state index in [4.69, 9.17) is 16.3 Å². The fourth-order valence-corrected chi connectivity index (χ4v) is 1.81. The van der Waals surface area contributed by atoms with Gasteiger partial charge >= 0.3 is 0 Å². The Labute approximate surface area is 89.2 Å². The molecule has 1 N–H and O–H groups in total. The summed E-state index contributed by atoms with van der Waals surface area (Å²) >= 11 is 5.85. The number of nitrogens with one attached hydrogen (secondary N) is 1. The van der Waals surface area contributed by atoms with Gasteiger partial charge in [0, 0.05) is 17.5 Å². The van der Waals surface area contributed by atoms with E-state index in [2.05, 4.69) is 5.32 Å². The molecule has 1 aliphatic heterocycles. The van der Waals surface area contributed by atoms with Gasteiger partial charge in [0.05, 0.1) is 6.61 Å². The zero-order valence-corrected chi connectivity index (χ0v) is 8.76. The van der Waals surface area contributed by atoms with Crippen molar-refractivity contribution in [3.8, 4) is 5.75 Å². The molecule has 0 spiro atoms. The van der Waals surface area contributed by atoms with Gasteiger partial charge in [-0.25, -0.2) is 0 Å². The Kier molecular flexibility index (Phi) is 3.27. The first-order chi connectivity index (χ1) is 6.84. The van der Waals surface area contributed by atoms with Gasteiger partial charge in [0.2, 0.25) is 0 Å². The van der Waals surface area contributed by atoms with Gasteiger partial charge in [-0.2, -0.15) is 0 Å². The lowest BCUT2D eigenvalue weighted by molar-refractivity contribution is 0.260. The molecule has 1 heterocycles. The van der Waals surface area contributed by atoms with E-state index in [9.17, 15) is 0 Å². The van der Waals surface area contributed by atoms with Crippen LogP contribution >= 0.6 is 11.6 Å². The average molecular weight is 212 g/mol. The number of hydrogen-bond acceptors (Lipinski definition) is 2. The quantitative estimate of drug-likeness (QED) is 0.829. The molecule has 1 aromatic carbocycles. The van der Waals surface area contributed by atoms with Crippen LogP contribution in [0.3, 0.4) is 0 Å². The second kappa shape index (κ2) is 4.67. The molecule has 1 atom stereocenters. The molecule has 0 aromatic heterocycles. The van der Waals surface area contributed by atoms with Gasteiger partial charge in [-0.3, -0.25) is 0 Å². The second-order valence-corrected chi connectivity index (χ2v) is 4.06. The van der Waals surface area contributed by atoms with Crippen LogP contribution in [0.15, 0.2) is 24.3 Å². The molecule has 0 radical (unpaired) electrons. The monoisotopic (exact) mass is 211 g/mol. The minimum atomic E-state index is 0.647. The lowest BCUT2D eigenvalue weighted by atomic mass is 10.1. The van der Waals surface area contributed by atoms with Gasteiger partial charge in [0.15, 0.2) is 0 Å². The van der Waals surface area contributed by atoms with Crippen LogP contribution in [0.5, 0.6) is 5.75 Å². The van der Waals surface area contributed by atoms with Gasteiger partial charge in [0.25, 0.3) is 0 Å². The molecule has 1 saturated heterocycles. The lowest BCUT2D eigenvalue weighted by Gasteiger charge is -2.10. The number of hydrogen-bond donors (Lipinski definition) is 1. The van der Waals surface area contributed by atoms with Crippen LogP contribution in [0.2, 0.25) is 5.02 Å². The molecule has 1 fully saturated rings. The van der Waals surface area contributed by atoms with Gasteiger partial charge < -0.3 is 10.1 Å². The Hall–Kier alpha value is -0.730. The summed E-state index contributed by atoms with van der Waals surface area (Å²) in [5.41, 5.74) is 0. The highest BCUT2D eigenvalue weighted by molar-refractivity contribution is 6.30. The third-order valence-corrected chi connectivity index (χ3v) is 2.68. The van der Waals surface area contributed by atoms with Gasteiger partial charge in [-0.15, -0.1) is 0 Å². The van der Waals surface area contributed by atoms with Crippen molar-refractivity contribution in [2.75, 3.05) is 19.7 Å². The van der Waals surface area contributed by atoms with E-state index in [-0.39, 0.29) is 0 Å². The van der Waals surface area contributed by atoms with E-state index in [1.54, 1.807) is 0 Å². The predicted molar refractivity (Wildman–Crippen MR) is 57.9 cm³/mol. The molecule has 0 saturated carbocycles. The third-order valence-electron chi connectivity index (χ3n) is 2.44. The number of halogens is 1. The standard InChI is InChI=1S/C11H14ClNO/c12-10-2-1-3-11(6-10)14-8-9-4-5-13-7-9/h1-3,6,9,13H,4-5,7-8H2/t9-/m1/s1. The normalized spacial score (nSPS) is 21.1. The third kappa shape index (κ3) is 2.63. The highest BCUT2D eigenvalue weighted by Crippen LogP contribution is 2.18. The van der Waals surface area contributed by atoms with E-state index < -0.39 is 0 Å². The molecule has 0 unspecified atom stereocenters. The van der Waals surface area contributed by atoms with E-state index in [0.717, 1.165) is 30.5 Å². The minimum Gasteiger partial charge on any atom is -0.493 e. The molecule has 0 amide bonds. The maximum absolute atomic E-state index is 5.85. The van der Waals surface area contributed by atoms with Crippen molar-refractivity contribution in [3.63, 3.8) is 0 Å². The Balaban J connectivity index is 1.85. The summed E-state index contributed by atoms with van der Waals surface area (Å²) in [6.45, 7) is 2.97. The van der Waals surface area contributed by atoms with Crippen LogP contribution < -0.4 is 10.1 Å². The fraction of sp³-hybridized carbons (Fsp3) is 0.455. The molecule has 0 bridgehead atoms. The Morgan fingerprint density at radius 3 is 3.14 bits per heavy atom. The van der Waals surface area contributed by atoms with Gasteiger partial charge in [-0.1, -0.05) is 17.7 Å². The molecule has 1 aromatic rings.